The van der Waals surface area contributed by atoms with Crippen molar-refractivity contribution in [2.45, 2.75) is 52.7 Å². The lowest BCUT2D eigenvalue weighted by atomic mass is 10.2. The number of ether oxygens (including phenoxy) is 1. The van der Waals surface area contributed by atoms with Gasteiger partial charge in [-0.05, 0) is 38.8 Å². The summed E-state index contributed by atoms with van der Waals surface area (Å²) in [6.45, 7) is 10.9. The summed E-state index contributed by atoms with van der Waals surface area (Å²) >= 11 is 0. The summed E-state index contributed by atoms with van der Waals surface area (Å²) in [6, 6.07) is 8.26. The van der Waals surface area contributed by atoms with Crippen molar-refractivity contribution in [1.29, 1.82) is 0 Å². The number of likely N-dealkylation sites (tertiary alicyclic amines) is 1. The monoisotopic (exact) mass is 488 g/mol. The maximum absolute atomic E-state index is 11.8. The predicted octanol–water partition coefficient (Wildman–Crippen LogP) is 2.95. The molecular weight excluding hydrogens is 455 g/mol. The molecule has 0 bridgehead atoms. The number of para-hydroxylation sites is 1. The number of nitrogens with zero attached hydrogens (tertiary/aromatic N) is 2. The highest BCUT2D eigenvalue weighted by molar-refractivity contribution is 14.0. The fourth-order valence-corrected chi connectivity index (χ4v) is 3.00. The predicted molar refractivity (Wildman–Crippen MR) is 121 cm³/mol. The SMILES string of the molecule is CCNC(=NCC(C)Oc1ccccc1C)NC1CCN(C(=O)CC)C1.I. The quantitative estimate of drug-likeness (QED) is 0.352. The van der Waals surface area contributed by atoms with E-state index in [-0.39, 0.29) is 42.0 Å². The van der Waals surface area contributed by atoms with Gasteiger partial charge in [0.15, 0.2) is 5.96 Å². The third-order valence-corrected chi connectivity index (χ3v) is 4.46. The Hall–Kier alpha value is -1.51. The Morgan fingerprint density at radius 3 is 2.78 bits per heavy atom. The maximum atomic E-state index is 11.8. The van der Waals surface area contributed by atoms with E-state index in [2.05, 4.69) is 15.6 Å². The number of guanidine groups is 1. The number of aliphatic imine (C=N–C) groups is 1. The molecule has 1 aromatic carbocycles. The van der Waals surface area contributed by atoms with E-state index in [0.29, 0.717) is 13.0 Å². The first-order chi connectivity index (χ1) is 12.5. The minimum Gasteiger partial charge on any atom is -0.489 e. The van der Waals surface area contributed by atoms with Crippen LogP contribution in [-0.2, 0) is 4.79 Å². The zero-order valence-corrected chi connectivity index (χ0v) is 19.2. The zero-order chi connectivity index (χ0) is 18.9. The minimum absolute atomic E-state index is 0. The normalized spacial score (nSPS) is 17.9. The van der Waals surface area contributed by atoms with Crippen LogP contribution in [0.2, 0.25) is 0 Å². The van der Waals surface area contributed by atoms with E-state index in [0.717, 1.165) is 43.3 Å². The maximum Gasteiger partial charge on any atom is 0.222 e. The third kappa shape index (κ3) is 7.56. The minimum atomic E-state index is -0.0201. The molecule has 2 rings (SSSR count). The second-order valence-electron chi connectivity index (χ2n) is 6.74. The van der Waals surface area contributed by atoms with Gasteiger partial charge in [-0.2, -0.15) is 0 Å². The number of hydrogen-bond acceptors (Lipinski definition) is 3. The lowest BCUT2D eigenvalue weighted by Crippen LogP contribution is -2.45. The Labute approximate surface area is 180 Å². The van der Waals surface area contributed by atoms with Crippen molar-refractivity contribution in [3.8, 4) is 5.75 Å². The topological polar surface area (TPSA) is 66.0 Å². The molecule has 0 spiro atoms. The van der Waals surface area contributed by atoms with Gasteiger partial charge < -0.3 is 20.3 Å². The molecule has 1 heterocycles. The van der Waals surface area contributed by atoms with Crippen molar-refractivity contribution in [3.05, 3.63) is 29.8 Å². The van der Waals surface area contributed by atoms with Gasteiger partial charge in [0.25, 0.3) is 0 Å². The standard InChI is InChI=1S/C20H32N4O2.HI/c1-5-19(25)24-12-11-17(14-24)23-20(21-6-2)22-13-16(4)26-18-10-8-7-9-15(18)3;/h7-10,16-17H,5-6,11-14H2,1-4H3,(H2,21,22,23);1H. The van der Waals surface area contributed by atoms with E-state index in [9.17, 15) is 4.79 Å². The Morgan fingerprint density at radius 2 is 2.11 bits per heavy atom. The van der Waals surface area contributed by atoms with Crippen LogP contribution in [0.5, 0.6) is 5.75 Å². The molecule has 0 aliphatic carbocycles. The average Bonchev–Trinajstić information content (AvgIpc) is 3.10. The smallest absolute Gasteiger partial charge is 0.222 e. The van der Waals surface area contributed by atoms with Gasteiger partial charge in [0.2, 0.25) is 5.91 Å². The molecule has 0 aromatic heterocycles. The van der Waals surface area contributed by atoms with Crippen molar-refractivity contribution < 1.29 is 9.53 Å². The number of rotatable bonds is 7. The Kier molecular flexibility index (Phi) is 10.5. The number of amides is 1. The first-order valence-corrected chi connectivity index (χ1v) is 9.58. The van der Waals surface area contributed by atoms with Gasteiger partial charge in [-0.25, -0.2) is 4.99 Å². The summed E-state index contributed by atoms with van der Waals surface area (Å²) in [4.78, 5) is 18.4. The first kappa shape index (κ1) is 23.5. The molecule has 1 aliphatic rings. The summed E-state index contributed by atoms with van der Waals surface area (Å²) in [7, 11) is 0. The second kappa shape index (κ2) is 12.0. The molecule has 1 aliphatic heterocycles. The summed E-state index contributed by atoms with van der Waals surface area (Å²) in [5, 5.41) is 6.72. The van der Waals surface area contributed by atoms with Crippen molar-refractivity contribution in [1.82, 2.24) is 15.5 Å². The van der Waals surface area contributed by atoms with Gasteiger partial charge in [0.1, 0.15) is 11.9 Å². The summed E-state index contributed by atoms with van der Waals surface area (Å²) in [5.74, 6) is 1.90. The van der Waals surface area contributed by atoms with Crippen LogP contribution >= 0.6 is 24.0 Å². The van der Waals surface area contributed by atoms with Crippen LogP contribution in [0, 0.1) is 6.92 Å². The van der Waals surface area contributed by atoms with Gasteiger partial charge in [-0.15, -0.1) is 24.0 Å². The Bertz CT molecular complexity index is 624. The van der Waals surface area contributed by atoms with E-state index in [1.807, 2.05) is 56.9 Å². The van der Waals surface area contributed by atoms with Gasteiger partial charge in [0, 0.05) is 32.1 Å². The molecule has 2 atom stereocenters. The molecule has 0 radical (unpaired) electrons. The van der Waals surface area contributed by atoms with Crippen LogP contribution in [0.25, 0.3) is 0 Å². The molecular formula is C20H33IN4O2. The molecule has 1 saturated heterocycles. The lowest BCUT2D eigenvalue weighted by molar-refractivity contribution is -0.129. The van der Waals surface area contributed by atoms with Crippen LogP contribution in [0.15, 0.2) is 29.3 Å². The molecule has 1 fully saturated rings. The van der Waals surface area contributed by atoms with Gasteiger partial charge >= 0.3 is 0 Å². The third-order valence-electron chi connectivity index (χ3n) is 4.46. The summed E-state index contributed by atoms with van der Waals surface area (Å²) < 4.78 is 5.99. The fraction of sp³-hybridized carbons (Fsp3) is 0.600. The second-order valence-corrected chi connectivity index (χ2v) is 6.74. The van der Waals surface area contributed by atoms with Crippen molar-refractivity contribution in [2.75, 3.05) is 26.2 Å². The van der Waals surface area contributed by atoms with Crippen LogP contribution in [0.1, 0.15) is 39.2 Å². The molecule has 27 heavy (non-hydrogen) atoms. The lowest BCUT2D eigenvalue weighted by Gasteiger charge is -2.19. The van der Waals surface area contributed by atoms with Gasteiger partial charge in [-0.3, -0.25) is 4.79 Å². The van der Waals surface area contributed by atoms with E-state index >= 15 is 0 Å². The Morgan fingerprint density at radius 1 is 1.37 bits per heavy atom. The Balaban J connectivity index is 0.00000364. The van der Waals surface area contributed by atoms with Crippen LogP contribution in [0.4, 0.5) is 0 Å². The van der Waals surface area contributed by atoms with Crippen molar-refractivity contribution >= 4 is 35.8 Å². The molecule has 2 N–H and O–H groups in total. The summed E-state index contributed by atoms with van der Waals surface area (Å²) in [6.07, 6.45) is 1.49. The fourth-order valence-electron chi connectivity index (χ4n) is 3.00. The summed E-state index contributed by atoms with van der Waals surface area (Å²) in [5.41, 5.74) is 1.12. The molecule has 6 nitrogen and oxygen atoms in total. The van der Waals surface area contributed by atoms with Gasteiger partial charge in [-0.1, -0.05) is 25.1 Å². The van der Waals surface area contributed by atoms with Crippen LogP contribution in [0.3, 0.4) is 0 Å². The highest BCUT2D eigenvalue weighted by Crippen LogP contribution is 2.17. The number of hydrogen-bond donors (Lipinski definition) is 2. The van der Waals surface area contributed by atoms with E-state index in [4.69, 9.17) is 4.74 Å². The number of carbonyl (C=O) groups is 1. The van der Waals surface area contributed by atoms with Crippen molar-refractivity contribution in [3.63, 3.8) is 0 Å². The molecule has 1 aromatic rings. The number of nitrogens with one attached hydrogen (secondary N) is 2. The largest absolute Gasteiger partial charge is 0.489 e. The highest BCUT2D eigenvalue weighted by Gasteiger charge is 2.25. The zero-order valence-electron chi connectivity index (χ0n) is 16.8. The van der Waals surface area contributed by atoms with Crippen LogP contribution < -0.4 is 15.4 Å². The number of aryl methyl sites for hydroxylation is 1. The molecule has 1 amide bonds. The van der Waals surface area contributed by atoms with Crippen LogP contribution in [-0.4, -0.2) is 55.1 Å². The molecule has 2 unspecified atom stereocenters. The first-order valence-electron chi connectivity index (χ1n) is 9.58. The van der Waals surface area contributed by atoms with E-state index < -0.39 is 0 Å². The molecule has 7 heteroatoms. The van der Waals surface area contributed by atoms with E-state index in [1.165, 1.54) is 0 Å². The number of benzene rings is 1. The number of halogens is 1. The molecule has 152 valence electrons. The molecule has 0 saturated carbocycles. The van der Waals surface area contributed by atoms with E-state index in [1.54, 1.807) is 0 Å². The highest BCUT2D eigenvalue weighted by atomic mass is 127. The average molecular weight is 488 g/mol. The van der Waals surface area contributed by atoms with Gasteiger partial charge in [0.05, 0.1) is 6.54 Å². The number of carbonyl (C=O) groups excluding carboxylic acids is 1. The van der Waals surface area contributed by atoms with Crippen molar-refractivity contribution in [2.24, 2.45) is 4.99 Å².